The zero-order valence-corrected chi connectivity index (χ0v) is 12.0. The zero-order valence-electron chi connectivity index (χ0n) is 12.0. The number of carbonyl (C=O) groups is 1. The van der Waals surface area contributed by atoms with Gasteiger partial charge in [0.05, 0.1) is 5.56 Å². The van der Waals surface area contributed by atoms with Gasteiger partial charge in [-0.3, -0.25) is 4.79 Å². The number of alkyl halides is 3. The molecule has 4 nitrogen and oxygen atoms in total. The van der Waals surface area contributed by atoms with Crippen LogP contribution in [0.25, 0.3) is 11.1 Å². The molecule has 8 heteroatoms. The van der Waals surface area contributed by atoms with Crippen LogP contribution in [0, 0.1) is 5.82 Å². The lowest BCUT2D eigenvalue weighted by Gasteiger charge is -2.14. The highest BCUT2D eigenvalue weighted by atomic mass is 19.4. The molecule has 0 bridgehead atoms. The molecule has 0 saturated heterocycles. The SMILES string of the molecule is O=C1COC(c2ccc(-c3cc(C(F)(F)F)ccc3F)cc2)=NN1. The highest BCUT2D eigenvalue weighted by molar-refractivity contribution is 5.98. The fourth-order valence-electron chi connectivity index (χ4n) is 2.17. The van der Waals surface area contributed by atoms with Gasteiger partial charge in [0, 0.05) is 11.1 Å². The lowest BCUT2D eigenvalue weighted by atomic mass is 10.0. The van der Waals surface area contributed by atoms with Gasteiger partial charge in [-0.2, -0.15) is 13.2 Å². The third kappa shape index (κ3) is 3.22. The van der Waals surface area contributed by atoms with Crippen molar-refractivity contribution in [3.8, 4) is 11.1 Å². The Kier molecular flexibility index (Phi) is 3.96. The summed E-state index contributed by atoms with van der Waals surface area (Å²) < 4.78 is 57.3. The first-order valence-electron chi connectivity index (χ1n) is 6.81. The topological polar surface area (TPSA) is 50.7 Å². The van der Waals surface area contributed by atoms with E-state index in [9.17, 15) is 22.4 Å². The first-order chi connectivity index (χ1) is 11.3. The van der Waals surface area contributed by atoms with Gasteiger partial charge in [0.1, 0.15) is 5.82 Å². The molecule has 0 aromatic heterocycles. The van der Waals surface area contributed by atoms with Crippen LogP contribution in [0.5, 0.6) is 0 Å². The monoisotopic (exact) mass is 338 g/mol. The number of halogens is 4. The molecule has 1 heterocycles. The van der Waals surface area contributed by atoms with Gasteiger partial charge in [-0.1, -0.05) is 12.1 Å². The van der Waals surface area contributed by atoms with E-state index in [4.69, 9.17) is 4.74 Å². The molecule has 0 aliphatic carbocycles. The number of hydrogen-bond donors (Lipinski definition) is 1. The lowest BCUT2D eigenvalue weighted by Crippen LogP contribution is -2.32. The van der Waals surface area contributed by atoms with E-state index in [2.05, 4.69) is 10.5 Å². The predicted octanol–water partition coefficient (Wildman–Crippen LogP) is 3.32. The Morgan fingerprint density at radius 3 is 2.29 bits per heavy atom. The molecule has 1 aliphatic rings. The number of amides is 1. The Morgan fingerprint density at radius 2 is 1.71 bits per heavy atom. The molecular formula is C16H10F4N2O2. The summed E-state index contributed by atoms with van der Waals surface area (Å²) in [4.78, 5) is 11.0. The Balaban J connectivity index is 1.93. The Hall–Kier alpha value is -2.90. The van der Waals surface area contributed by atoms with Crippen molar-refractivity contribution in [3.63, 3.8) is 0 Å². The van der Waals surface area contributed by atoms with Gasteiger partial charge in [-0.05, 0) is 35.9 Å². The van der Waals surface area contributed by atoms with Crippen LogP contribution < -0.4 is 5.43 Å². The van der Waals surface area contributed by atoms with Gasteiger partial charge in [0.2, 0.25) is 5.90 Å². The molecule has 2 aromatic rings. The van der Waals surface area contributed by atoms with Crippen molar-refractivity contribution < 1.29 is 27.1 Å². The van der Waals surface area contributed by atoms with E-state index in [1.165, 1.54) is 24.3 Å². The summed E-state index contributed by atoms with van der Waals surface area (Å²) >= 11 is 0. The van der Waals surface area contributed by atoms with Crippen LogP contribution in [0.1, 0.15) is 11.1 Å². The zero-order chi connectivity index (χ0) is 17.3. The van der Waals surface area contributed by atoms with E-state index in [-0.39, 0.29) is 29.5 Å². The maximum atomic E-state index is 13.9. The number of rotatable bonds is 2. The fraction of sp³-hybridized carbons (Fsp3) is 0.125. The fourth-order valence-corrected chi connectivity index (χ4v) is 2.17. The van der Waals surface area contributed by atoms with Crippen LogP contribution in [0.3, 0.4) is 0 Å². The van der Waals surface area contributed by atoms with E-state index in [0.29, 0.717) is 11.6 Å². The summed E-state index contributed by atoms with van der Waals surface area (Å²) in [6.45, 7) is -0.178. The third-order valence-corrected chi connectivity index (χ3v) is 3.36. The lowest BCUT2D eigenvalue weighted by molar-refractivity contribution is -0.137. The molecule has 3 rings (SSSR count). The number of carbonyl (C=O) groups excluding carboxylic acids is 1. The quantitative estimate of drug-likeness (QED) is 0.854. The van der Waals surface area contributed by atoms with Crippen molar-refractivity contribution in [1.82, 2.24) is 5.43 Å². The second kappa shape index (κ2) is 5.95. The number of benzene rings is 2. The van der Waals surface area contributed by atoms with Gasteiger partial charge in [-0.25, -0.2) is 9.82 Å². The Bertz CT molecular complexity index is 814. The molecule has 1 aliphatic heterocycles. The Labute approximate surface area is 133 Å². The van der Waals surface area contributed by atoms with Gasteiger partial charge < -0.3 is 4.74 Å². The summed E-state index contributed by atoms with van der Waals surface area (Å²) in [7, 11) is 0. The number of nitrogens with one attached hydrogen (secondary N) is 1. The summed E-state index contributed by atoms with van der Waals surface area (Å²) in [6, 6.07) is 8.19. The standard InChI is InChI=1S/C16H10F4N2O2/c17-13-6-5-11(16(18,19)20)7-12(13)9-1-3-10(4-2-9)15-22-21-14(23)8-24-15/h1-7H,8H2,(H,21,23). The first-order valence-corrected chi connectivity index (χ1v) is 6.81. The largest absolute Gasteiger partial charge is 0.466 e. The molecule has 0 saturated carbocycles. The molecule has 0 fully saturated rings. The van der Waals surface area contributed by atoms with Crippen molar-refractivity contribution >= 4 is 11.8 Å². The minimum absolute atomic E-state index is 0.156. The highest BCUT2D eigenvalue weighted by Crippen LogP contribution is 2.33. The molecule has 0 spiro atoms. The van der Waals surface area contributed by atoms with E-state index < -0.39 is 17.6 Å². The van der Waals surface area contributed by atoms with Crippen molar-refractivity contribution in [2.45, 2.75) is 6.18 Å². The third-order valence-electron chi connectivity index (χ3n) is 3.36. The van der Waals surface area contributed by atoms with Gasteiger partial charge in [-0.15, -0.1) is 5.10 Å². The summed E-state index contributed by atoms with van der Waals surface area (Å²) in [5, 5.41) is 3.72. The van der Waals surface area contributed by atoms with Crippen molar-refractivity contribution in [1.29, 1.82) is 0 Å². The van der Waals surface area contributed by atoms with Crippen LogP contribution in [0.4, 0.5) is 17.6 Å². The average molecular weight is 338 g/mol. The van der Waals surface area contributed by atoms with Gasteiger partial charge >= 0.3 is 6.18 Å². The average Bonchev–Trinajstić information content (AvgIpc) is 2.55. The van der Waals surface area contributed by atoms with Crippen molar-refractivity contribution in [2.24, 2.45) is 5.10 Å². The molecule has 2 aromatic carbocycles. The number of ether oxygens (including phenoxy) is 1. The van der Waals surface area contributed by atoms with Crippen LogP contribution in [0.15, 0.2) is 47.6 Å². The van der Waals surface area contributed by atoms with Crippen molar-refractivity contribution in [2.75, 3.05) is 6.61 Å². The second-order valence-corrected chi connectivity index (χ2v) is 5.01. The normalized spacial score (nSPS) is 14.7. The summed E-state index contributed by atoms with van der Waals surface area (Å²) in [5.74, 6) is -0.971. The highest BCUT2D eigenvalue weighted by Gasteiger charge is 2.31. The molecule has 0 atom stereocenters. The van der Waals surface area contributed by atoms with Crippen LogP contribution in [-0.2, 0) is 15.7 Å². The smallest absolute Gasteiger partial charge is 0.416 e. The number of nitrogens with zero attached hydrogens (tertiary/aromatic N) is 1. The second-order valence-electron chi connectivity index (χ2n) is 5.01. The maximum Gasteiger partial charge on any atom is 0.416 e. The van der Waals surface area contributed by atoms with E-state index >= 15 is 0 Å². The molecule has 24 heavy (non-hydrogen) atoms. The molecular weight excluding hydrogens is 328 g/mol. The van der Waals surface area contributed by atoms with E-state index in [1.807, 2.05) is 0 Å². The van der Waals surface area contributed by atoms with Crippen LogP contribution in [0.2, 0.25) is 0 Å². The number of hydrazone groups is 1. The number of hydrogen-bond acceptors (Lipinski definition) is 3. The van der Waals surface area contributed by atoms with Gasteiger partial charge in [0.15, 0.2) is 6.61 Å². The van der Waals surface area contributed by atoms with E-state index in [1.54, 1.807) is 0 Å². The molecule has 1 amide bonds. The first kappa shape index (κ1) is 16.0. The van der Waals surface area contributed by atoms with Gasteiger partial charge in [0.25, 0.3) is 5.91 Å². The molecule has 124 valence electrons. The van der Waals surface area contributed by atoms with E-state index in [0.717, 1.165) is 12.1 Å². The molecule has 1 N–H and O–H groups in total. The van der Waals surface area contributed by atoms with Crippen LogP contribution in [-0.4, -0.2) is 18.4 Å². The van der Waals surface area contributed by atoms with Crippen LogP contribution >= 0.6 is 0 Å². The summed E-state index contributed by atoms with van der Waals surface area (Å²) in [5.41, 5.74) is 1.95. The predicted molar refractivity (Wildman–Crippen MR) is 77.5 cm³/mol. The molecule has 0 radical (unpaired) electrons. The minimum atomic E-state index is -4.55. The summed E-state index contributed by atoms with van der Waals surface area (Å²) in [6.07, 6.45) is -4.55. The maximum absolute atomic E-state index is 13.9. The minimum Gasteiger partial charge on any atom is -0.466 e. The molecule has 0 unspecified atom stereocenters. The van der Waals surface area contributed by atoms with Crippen molar-refractivity contribution in [3.05, 3.63) is 59.4 Å². The Morgan fingerprint density at radius 1 is 1.04 bits per heavy atom.